The van der Waals surface area contributed by atoms with Crippen molar-refractivity contribution in [1.82, 2.24) is 10.6 Å². The molecule has 1 unspecified atom stereocenters. The van der Waals surface area contributed by atoms with Gasteiger partial charge in [-0.3, -0.25) is 4.79 Å². The molecule has 3 amide bonds. The molecular formula is C20H20BrN3O3. The Labute approximate surface area is 166 Å². The highest BCUT2D eigenvalue weighted by molar-refractivity contribution is 9.10. The maximum absolute atomic E-state index is 12.9. The maximum Gasteiger partial charge on any atom is 0.319 e. The minimum Gasteiger partial charge on any atom is -0.493 e. The van der Waals surface area contributed by atoms with Gasteiger partial charge in [-0.15, -0.1) is 0 Å². The van der Waals surface area contributed by atoms with Crippen LogP contribution in [-0.2, 0) is 4.79 Å². The van der Waals surface area contributed by atoms with Crippen LogP contribution in [0.3, 0.4) is 0 Å². The van der Waals surface area contributed by atoms with Gasteiger partial charge in [-0.05, 0) is 59.6 Å². The van der Waals surface area contributed by atoms with Crippen molar-refractivity contribution >= 4 is 33.6 Å². The number of allylic oxidation sites excluding steroid dienone is 1. The quantitative estimate of drug-likeness (QED) is 0.668. The molecule has 7 heteroatoms. The Morgan fingerprint density at radius 1 is 1.22 bits per heavy atom. The summed E-state index contributed by atoms with van der Waals surface area (Å²) in [6, 6.07) is 13.8. The average molecular weight is 430 g/mol. The van der Waals surface area contributed by atoms with E-state index in [1.807, 2.05) is 55.5 Å². The van der Waals surface area contributed by atoms with E-state index in [-0.39, 0.29) is 11.9 Å². The number of halogens is 1. The lowest BCUT2D eigenvalue weighted by Gasteiger charge is -2.29. The van der Waals surface area contributed by atoms with E-state index in [1.54, 1.807) is 6.92 Å². The number of urea groups is 1. The van der Waals surface area contributed by atoms with E-state index in [0.29, 0.717) is 29.3 Å². The summed E-state index contributed by atoms with van der Waals surface area (Å²) in [5, 5.41) is 8.38. The molecule has 3 rings (SSSR count). The van der Waals surface area contributed by atoms with E-state index >= 15 is 0 Å². The zero-order chi connectivity index (χ0) is 19.4. The molecule has 0 spiro atoms. The molecule has 2 aromatic rings. The van der Waals surface area contributed by atoms with Crippen LogP contribution in [-0.4, -0.2) is 18.5 Å². The molecule has 6 nitrogen and oxygen atoms in total. The molecule has 3 N–H and O–H groups in total. The number of rotatable bonds is 5. The highest BCUT2D eigenvalue weighted by atomic mass is 79.9. The zero-order valence-electron chi connectivity index (χ0n) is 15.0. The fraction of sp³-hybridized carbons (Fsp3) is 0.200. The number of benzene rings is 2. The molecular weight excluding hydrogens is 410 g/mol. The number of para-hydroxylation sites is 1. The third-order valence-corrected chi connectivity index (χ3v) is 4.75. The van der Waals surface area contributed by atoms with Crippen molar-refractivity contribution in [2.75, 3.05) is 11.9 Å². The molecule has 0 bridgehead atoms. The van der Waals surface area contributed by atoms with Crippen molar-refractivity contribution in [3.63, 3.8) is 0 Å². The second-order valence-corrected chi connectivity index (χ2v) is 6.87. The summed E-state index contributed by atoms with van der Waals surface area (Å²) in [5.41, 5.74) is 2.43. The van der Waals surface area contributed by atoms with Gasteiger partial charge in [0, 0.05) is 11.4 Å². The van der Waals surface area contributed by atoms with Gasteiger partial charge in [-0.2, -0.15) is 0 Å². The highest BCUT2D eigenvalue weighted by Crippen LogP contribution is 2.33. The third kappa shape index (κ3) is 4.31. The van der Waals surface area contributed by atoms with Gasteiger partial charge < -0.3 is 20.7 Å². The van der Waals surface area contributed by atoms with Crippen LogP contribution in [0.15, 0.2) is 64.3 Å². The van der Waals surface area contributed by atoms with Gasteiger partial charge in [0.2, 0.25) is 0 Å². The molecule has 0 fully saturated rings. The van der Waals surface area contributed by atoms with Crippen molar-refractivity contribution < 1.29 is 14.3 Å². The number of nitrogens with one attached hydrogen (secondary N) is 3. The second-order valence-electron chi connectivity index (χ2n) is 6.01. The molecule has 0 saturated carbocycles. The van der Waals surface area contributed by atoms with E-state index in [9.17, 15) is 9.59 Å². The SMILES string of the molecule is CCOc1ccc(C2NC(=O)NC(C)=C2C(=O)Nc2ccccc2)cc1Br. The van der Waals surface area contributed by atoms with Crippen molar-refractivity contribution in [3.8, 4) is 5.75 Å². The molecule has 2 aromatic carbocycles. The Morgan fingerprint density at radius 2 is 1.96 bits per heavy atom. The third-order valence-electron chi connectivity index (χ3n) is 4.13. The number of carbonyl (C=O) groups excluding carboxylic acids is 2. The van der Waals surface area contributed by atoms with Crippen LogP contribution in [0.5, 0.6) is 5.75 Å². The molecule has 1 aliphatic rings. The minimum absolute atomic E-state index is 0.277. The van der Waals surface area contributed by atoms with Gasteiger partial charge in [0.25, 0.3) is 5.91 Å². The summed E-state index contributed by atoms with van der Waals surface area (Å²) in [7, 11) is 0. The summed E-state index contributed by atoms with van der Waals surface area (Å²) in [4.78, 5) is 24.9. The number of carbonyl (C=O) groups is 2. The van der Waals surface area contributed by atoms with E-state index in [1.165, 1.54) is 0 Å². The topological polar surface area (TPSA) is 79.5 Å². The molecule has 1 heterocycles. The molecule has 1 atom stereocenters. The van der Waals surface area contributed by atoms with Gasteiger partial charge in [-0.1, -0.05) is 24.3 Å². The van der Waals surface area contributed by atoms with Crippen LogP contribution in [0.4, 0.5) is 10.5 Å². The van der Waals surface area contributed by atoms with E-state index in [2.05, 4.69) is 31.9 Å². The van der Waals surface area contributed by atoms with Crippen LogP contribution in [0.1, 0.15) is 25.5 Å². The lowest BCUT2D eigenvalue weighted by atomic mass is 9.94. The summed E-state index contributed by atoms with van der Waals surface area (Å²) < 4.78 is 6.30. The summed E-state index contributed by atoms with van der Waals surface area (Å²) in [5.74, 6) is 0.429. The van der Waals surface area contributed by atoms with E-state index < -0.39 is 6.04 Å². The van der Waals surface area contributed by atoms with Crippen LogP contribution in [0.25, 0.3) is 0 Å². The fourth-order valence-electron chi connectivity index (χ4n) is 2.93. The first-order chi connectivity index (χ1) is 13.0. The number of ether oxygens (including phenoxy) is 1. The predicted octanol–water partition coefficient (Wildman–Crippen LogP) is 4.11. The summed E-state index contributed by atoms with van der Waals surface area (Å²) in [6.45, 7) is 4.17. The lowest BCUT2D eigenvalue weighted by Crippen LogP contribution is -2.46. The molecule has 0 aliphatic carbocycles. The molecule has 140 valence electrons. The minimum atomic E-state index is -0.575. The second kappa shape index (κ2) is 8.26. The Balaban J connectivity index is 1.94. The predicted molar refractivity (Wildman–Crippen MR) is 107 cm³/mol. The van der Waals surface area contributed by atoms with Crippen molar-refractivity contribution in [3.05, 3.63) is 69.8 Å². The van der Waals surface area contributed by atoms with Gasteiger partial charge in [-0.25, -0.2) is 4.79 Å². The van der Waals surface area contributed by atoms with Crippen LogP contribution in [0, 0.1) is 0 Å². The summed E-state index contributed by atoms with van der Waals surface area (Å²) >= 11 is 3.49. The van der Waals surface area contributed by atoms with Crippen molar-refractivity contribution in [1.29, 1.82) is 0 Å². The van der Waals surface area contributed by atoms with Gasteiger partial charge >= 0.3 is 6.03 Å². The van der Waals surface area contributed by atoms with Crippen LogP contribution < -0.4 is 20.7 Å². The number of anilines is 1. The van der Waals surface area contributed by atoms with E-state index in [0.717, 1.165) is 10.0 Å². The molecule has 27 heavy (non-hydrogen) atoms. The first-order valence-electron chi connectivity index (χ1n) is 8.56. The zero-order valence-corrected chi connectivity index (χ0v) is 16.6. The fourth-order valence-corrected chi connectivity index (χ4v) is 3.44. The Kier molecular flexibility index (Phi) is 5.81. The number of hydrogen-bond donors (Lipinski definition) is 3. The van der Waals surface area contributed by atoms with Crippen LogP contribution in [0.2, 0.25) is 0 Å². The number of hydrogen-bond acceptors (Lipinski definition) is 3. The average Bonchev–Trinajstić information content (AvgIpc) is 2.63. The van der Waals surface area contributed by atoms with Gasteiger partial charge in [0.05, 0.1) is 22.7 Å². The molecule has 0 aromatic heterocycles. The smallest absolute Gasteiger partial charge is 0.319 e. The maximum atomic E-state index is 12.9. The number of amides is 3. The van der Waals surface area contributed by atoms with Gasteiger partial charge in [0.1, 0.15) is 5.75 Å². The molecule has 0 saturated heterocycles. The molecule has 0 radical (unpaired) electrons. The monoisotopic (exact) mass is 429 g/mol. The van der Waals surface area contributed by atoms with Crippen molar-refractivity contribution in [2.24, 2.45) is 0 Å². The highest BCUT2D eigenvalue weighted by Gasteiger charge is 2.31. The lowest BCUT2D eigenvalue weighted by molar-refractivity contribution is -0.113. The molecule has 1 aliphatic heterocycles. The Hall–Kier alpha value is -2.80. The Morgan fingerprint density at radius 3 is 2.63 bits per heavy atom. The first kappa shape index (κ1) is 19.0. The normalized spacial score (nSPS) is 16.4. The first-order valence-corrected chi connectivity index (χ1v) is 9.35. The van der Waals surface area contributed by atoms with Crippen molar-refractivity contribution in [2.45, 2.75) is 19.9 Å². The standard InChI is InChI=1S/C20H20BrN3O3/c1-3-27-16-10-9-13(11-15(16)21)18-17(12(2)22-20(26)24-18)19(25)23-14-7-5-4-6-8-14/h4-11,18H,3H2,1-2H3,(H,23,25)(H2,22,24,26). The Bertz CT molecular complexity index is 897. The summed E-state index contributed by atoms with van der Waals surface area (Å²) in [6.07, 6.45) is 0. The largest absolute Gasteiger partial charge is 0.493 e. The van der Waals surface area contributed by atoms with Gasteiger partial charge in [0.15, 0.2) is 0 Å². The van der Waals surface area contributed by atoms with E-state index in [4.69, 9.17) is 4.74 Å². The van der Waals surface area contributed by atoms with Crippen LogP contribution >= 0.6 is 15.9 Å².